The summed E-state index contributed by atoms with van der Waals surface area (Å²) < 4.78 is 64.3. The van der Waals surface area contributed by atoms with Gasteiger partial charge in [0.05, 0.1) is 10.5 Å². The fourth-order valence-electron chi connectivity index (χ4n) is 2.93. The Labute approximate surface area is 156 Å². The SMILES string of the molecule is O=C(C=C1CCN(S(=O)(=O)c2ccc(C(F)(F)F)cc2)CC1)NCC1CC1. The Morgan fingerprint density at radius 2 is 1.74 bits per heavy atom. The molecule has 1 N–H and O–H groups in total. The van der Waals surface area contributed by atoms with Crippen molar-refractivity contribution in [3.05, 3.63) is 41.5 Å². The van der Waals surface area contributed by atoms with Crippen LogP contribution in [0.5, 0.6) is 0 Å². The largest absolute Gasteiger partial charge is 0.416 e. The molecule has 1 aliphatic heterocycles. The van der Waals surface area contributed by atoms with Crippen LogP contribution in [-0.2, 0) is 21.0 Å². The number of rotatable bonds is 5. The summed E-state index contributed by atoms with van der Waals surface area (Å²) in [5.41, 5.74) is -0.00955. The molecule has 148 valence electrons. The maximum atomic E-state index is 12.6. The van der Waals surface area contributed by atoms with Gasteiger partial charge >= 0.3 is 6.18 Å². The van der Waals surface area contributed by atoms with Crippen molar-refractivity contribution in [2.45, 2.75) is 36.8 Å². The average molecular weight is 402 g/mol. The zero-order valence-electron chi connectivity index (χ0n) is 14.6. The Hall–Kier alpha value is -1.87. The normalized spacial score (nSPS) is 19.0. The van der Waals surface area contributed by atoms with E-state index in [4.69, 9.17) is 0 Å². The summed E-state index contributed by atoms with van der Waals surface area (Å²) in [4.78, 5) is 11.7. The van der Waals surface area contributed by atoms with Crippen molar-refractivity contribution in [2.24, 2.45) is 5.92 Å². The quantitative estimate of drug-likeness (QED) is 0.770. The third-order valence-corrected chi connectivity index (χ3v) is 6.69. The number of alkyl halides is 3. The summed E-state index contributed by atoms with van der Waals surface area (Å²) in [6.45, 7) is 1.08. The second-order valence-corrected chi connectivity index (χ2v) is 8.86. The first-order chi connectivity index (χ1) is 12.7. The Morgan fingerprint density at radius 1 is 1.15 bits per heavy atom. The molecule has 5 nitrogen and oxygen atoms in total. The second-order valence-electron chi connectivity index (χ2n) is 6.92. The van der Waals surface area contributed by atoms with Crippen LogP contribution in [0.15, 0.2) is 40.8 Å². The molecule has 2 aliphatic rings. The number of carbonyl (C=O) groups excluding carboxylic acids is 1. The topological polar surface area (TPSA) is 66.5 Å². The summed E-state index contributed by atoms with van der Waals surface area (Å²) in [7, 11) is -3.85. The van der Waals surface area contributed by atoms with Crippen LogP contribution in [0.3, 0.4) is 0 Å². The monoisotopic (exact) mass is 402 g/mol. The van der Waals surface area contributed by atoms with E-state index in [1.165, 1.54) is 10.4 Å². The minimum absolute atomic E-state index is 0.157. The van der Waals surface area contributed by atoms with Crippen LogP contribution < -0.4 is 5.32 Å². The average Bonchev–Trinajstić information content (AvgIpc) is 3.44. The van der Waals surface area contributed by atoms with E-state index < -0.39 is 21.8 Å². The van der Waals surface area contributed by atoms with E-state index in [0.29, 0.717) is 25.3 Å². The van der Waals surface area contributed by atoms with Crippen LogP contribution in [0.2, 0.25) is 0 Å². The molecule has 1 saturated carbocycles. The van der Waals surface area contributed by atoms with E-state index in [0.717, 1.165) is 42.7 Å². The number of halogens is 3. The van der Waals surface area contributed by atoms with Crippen LogP contribution in [0.1, 0.15) is 31.2 Å². The fraction of sp³-hybridized carbons (Fsp3) is 0.500. The molecule has 0 radical (unpaired) electrons. The number of hydrogen-bond donors (Lipinski definition) is 1. The third kappa shape index (κ3) is 5.10. The molecule has 1 aliphatic carbocycles. The zero-order chi connectivity index (χ0) is 19.7. The molecule has 1 aromatic rings. The Bertz CT molecular complexity index is 818. The van der Waals surface area contributed by atoms with Crippen molar-refractivity contribution in [2.75, 3.05) is 19.6 Å². The minimum atomic E-state index is -4.51. The summed E-state index contributed by atoms with van der Waals surface area (Å²) >= 11 is 0. The van der Waals surface area contributed by atoms with Gasteiger partial charge in [-0.2, -0.15) is 17.5 Å². The van der Waals surface area contributed by atoms with Gasteiger partial charge in [0.25, 0.3) is 0 Å². The van der Waals surface area contributed by atoms with E-state index in [-0.39, 0.29) is 23.9 Å². The van der Waals surface area contributed by atoms with Gasteiger partial charge in [-0.25, -0.2) is 8.42 Å². The lowest BCUT2D eigenvalue weighted by molar-refractivity contribution is -0.137. The standard InChI is InChI=1S/C18H21F3N2O3S/c19-18(20,21)15-3-5-16(6-4-15)27(25,26)23-9-7-13(8-10-23)11-17(24)22-12-14-1-2-14/h3-6,11,14H,1-2,7-10,12H2,(H,22,24). The maximum absolute atomic E-state index is 12.6. The van der Waals surface area contributed by atoms with Gasteiger partial charge in [-0.05, 0) is 55.9 Å². The van der Waals surface area contributed by atoms with E-state index in [1.54, 1.807) is 0 Å². The molecule has 2 fully saturated rings. The first-order valence-corrected chi connectivity index (χ1v) is 10.2. The molecule has 0 aromatic heterocycles. The van der Waals surface area contributed by atoms with Gasteiger partial charge in [0.15, 0.2) is 0 Å². The number of hydrogen-bond acceptors (Lipinski definition) is 3. The number of carbonyl (C=O) groups is 1. The van der Waals surface area contributed by atoms with Crippen LogP contribution >= 0.6 is 0 Å². The first-order valence-electron chi connectivity index (χ1n) is 8.81. The van der Waals surface area contributed by atoms with E-state index >= 15 is 0 Å². The number of piperidine rings is 1. The molecule has 1 amide bonds. The van der Waals surface area contributed by atoms with E-state index in [2.05, 4.69) is 5.32 Å². The van der Waals surface area contributed by atoms with Crippen LogP contribution in [0.25, 0.3) is 0 Å². The lowest BCUT2D eigenvalue weighted by Crippen LogP contribution is -2.36. The predicted molar refractivity (Wildman–Crippen MR) is 93.3 cm³/mol. The van der Waals surface area contributed by atoms with Crippen molar-refractivity contribution < 1.29 is 26.4 Å². The molecule has 1 aromatic carbocycles. The molecule has 27 heavy (non-hydrogen) atoms. The summed E-state index contributed by atoms with van der Waals surface area (Å²) in [5, 5.41) is 2.84. The molecule has 0 bridgehead atoms. The lowest BCUT2D eigenvalue weighted by Gasteiger charge is -2.27. The highest BCUT2D eigenvalue weighted by Crippen LogP contribution is 2.31. The zero-order valence-corrected chi connectivity index (χ0v) is 15.4. The maximum Gasteiger partial charge on any atom is 0.416 e. The Kier molecular flexibility index (Phi) is 5.62. The molecular formula is C18H21F3N2O3S. The number of nitrogens with one attached hydrogen (secondary N) is 1. The second kappa shape index (κ2) is 7.63. The highest BCUT2D eigenvalue weighted by atomic mass is 32.2. The third-order valence-electron chi connectivity index (χ3n) is 4.78. The highest BCUT2D eigenvalue weighted by molar-refractivity contribution is 7.89. The van der Waals surface area contributed by atoms with Crippen LogP contribution in [0, 0.1) is 5.92 Å². The van der Waals surface area contributed by atoms with Gasteiger partial charge in [-0.15, -0.1) is 0 Å². The van der Waals surface area contributed by atoms with Gasteiger partial charge < -0.3 is 5.32 Å². The Balaban J connectivity index is 1.59. The fourth-order valence-corrected chi connectivity index (χ4v) is 4.37. The molecule has 0 spiro atoms. The number of sulfonamides is 1. The summed E-state index contributed by atoms with van der Waals surface area (Å²) in [6, 6.07) is 3.50. The number of amides is 1. The van der Waals surface area contributed by atoms with Crippen LogP contribution in [-0.4, -0.2) is 38.3 Å². The lowest BCUT2D eigenvalue weighted by atomic mass is 10.1. The molecule has 9 heteroatoms. The highest BCUT2D eigenvalue weighted by Gasteiger charge is 2.32. The van der Waals surface area contributed by atoms with Gasteiger partial charge in [0, 0.05) is 25.7 Å². The van der Waals surface area contributed by atoms with Crippen LogP contribution in [0.4, 0.5) is 13.2 Å². The summed E-state index contributed by atoms with van der Waals surface area (Å²) in [6.07, 6.45) is 0.173. The van der Waals surface area contributed by atoms with Gasteiger partial charge in [-0.3, -0.25) is 4.79 Å². The predicted octanol–water partition coefficient (Wildman–Crippen LogP) is 2.94. The van der Waals surface area contributed by atoms with Crippen molar-refractivity contribution in [3.8, 4) is 0 Å². The number of benzene rings is 1. The molecule has 3 rings (SSSR count). The van der Waals surface area contributed by atoms with Gasteiger partial charge in [0.2, 0.25) is 15.9 Å². The smallest absolute Gasteiger partial charge is 0.352 e. The van der Waals surface area contributed by atoms with Gasteiger partial charge in [-0.1, -0.05) is 5.57 Å². The van der Waals surface area contributed by atoms with Crippen molar-refractivity contribution in [1.29, 1.82) is 0 Å². The van der Waals surface area contributed by atoms with Crippen molar-refractivity contribution >= 4 is 15.9 Å². The molecule has 1 heterocycles. The van der Waals surface area contributed by atoms with Crippen molar-refractivity contribution in [1.82, 2.24) is 9.62 Å². The first kappa shape index (κ1) is 19.9. The van der Waals surface area contributed by atoms with Gasteiger partial charge in [0.1, 0.15) is 0 Å². The minimum Gasteiger partial charge on any atom is -0.352 e. The Morgan fingerprint density at radius 3 is 2.26 bits per heavy atom. The van der Waals surface area contributed by atoms with Crippen molar-refractivity contribution in [3.63, 3.8) is 0 Å². The summed E-state index contributed by atoms with van der Waals surface area (Å²) in [5.74, 6) is 0.430. The molecule has 0 atom stereocenters. The molecule has 0 unspecified atom stereocenters. The molecular weight excluding hydrogens is 381 g/mol. The van der Waals surface area contributed by atoms with E-state index in [1.807, 2.05) is 0 Å². The number of nitrogens with zero attached hydrogens (tertiary/aromatic N) is 1. The molecule has 1 saturated heterocycles. The van der Waals surface area contributed by atoms with E-state index in [9.17, 15) is 26.4 Å².